The summed E-state index contributed by atoms with van der Waals surface area (Å²) >= 11 is 0. The van der Waals surface area contributed by atoms with Gasteiger partial charge in [-0.3, -0.25) is 4.79 Å². The van der Waals surface area contributed by atoms with Gasteiger partial charge in [0.25, 0.3) is 0 Å². The number of carbonyl (C=O) groups excluding carboxylic acids is 1. The number of rotatable bonds is 6. The second-order valence-corrected chi connectivity index (χ2v) is 7.24. The maximum atomic E-state index is 13.9. The Bertz CT molecular complexity index is 727. The third-order valence-electron chi connectivity index (χ3n) is 4.22. The molecule has 25 heavy (non-hydrogen) atoms. The largest absolute Gasteiger partial charge is 0.493 e. The van der Waals surface area contributed by atoms with Crippen molar-refractivity contribution in [2.45, 2.75) is 53.6 Å². The van der Waals surface area contributed by atoms with Crippen molar-refractivity contribution in [2.75, 3.05) is 6.61 Å². The van der Waals surface area contributed by atoms with E-state index in [9.17, 15) is 9.18 Å². The Balaban J connectivity index is 2.69. The van der Waals surface area contributed by atoms with E-state index in [0.29, 0.717) is 17.9 Å². The van der Waals surface area contributed by atoms with Crippen LogP contribution >= 0.6 is 0 Å². The molecule has 0 atom stereocenters. The Morgan fingerprint density at radius 1 is 1.36 bits per heavy atom. The molecule has 0 saturated heterocycles. The van der Waals surface area contributed by atoms with Crippen molar-refractivity contribution in [1.29, 1.82) is 0 Å². The first-order valence-corrected chi connectivity index (χ1v) is 8.75. The summed E-state index contributed by atoms with van der Waals surface area (Å²) in [5, 5.41) is 0. The molecule has 0 bridgehead atoms. The molecule has 1 aromatic carbocycles. The van der Waals surface area contributed by atoms with Gasteiger partial charge in [0.1, 0.15) is 17.1 Å². The Hall–Kier alpha value is -2.10. The van der Waals surface area contributed by atoms with Gasteiger partial charge >= 0.3 is 0 Å². The molecule has 0 spiro atoms. The van der Waals surface area contributed by atoms with Crippen LogP contribution in [-0.4, -0.2) is 18.5 Å². The zero-order valence-corrected chi connectivity index (χ0v) is 15.9. The number of allylic oxidation sites excluding steroid dienone is 3. The van der Waals surface area contributed by atoms with Gasteiger partial charge in [-0.05, 0) is 56.4 Å². The molecule has 0 amide bonds. The summed E-state index contributed by atoms with van der Waals surface area (Å²) in [6, 6.07) is 3.69. The molecule has 136 valence electrons. The predicted octanol–water partition coefficient (Wildman–Crippen LogP) is 5.59. The standard InChI is InChI=1S/C21H27FO3/c1-7-8-24-19-10-20-16(9-15(19)14(4)18(22)12-23)17(13(2)3)11-21(5,6)25-20/h9-13H,7-8H2,1-6H3. The summed E-state index contributed by atoms with van der Waals surface area (Å²) in [4.78, 5) is 10.9. The van der Waals surface area contributed by atoms with Gasteiger partial charge in [-0.25, -0.2) is 4.39 Å². The molecular formula is C21H27FO3. The minimum Gasteiger partial charge on any atom is -0.493 e. The van der Waals surface area contributed by atoms with E-state index < -0.39 is 11.4 Å². The molecule has 0 unspecified atom stereocenters. The number of hydrogen-bond acceptors (Lipinski definition) is 3. The molecule has 0 aromatic heterocycles. The Morgan fingerprint density at radius 3 is 2.60 bits per heavy atom. The minimum atomic E-state index is -0.784. The van der Waals surface area contributed by atoms with Crippen LogP contribution in [0, 0.1) is 5.92 Å². The average molecular weight is 346 g/mol. The van der Waals surface area contributed by atoms with Gasteiger partial charge in [0.2, 0.25) is 0 Å². The summed E-state index contributed by atoms with van der Waals surface area (Å²) in [6.45, 7) is 12.4. The Labute approximate surface area is 149 Å². The lowest BCUT2D eigenvalue weighted by Crippen LogP contribution is -2.30. The van der Waals surface area contributed by atoms with Gasteiger partial charge in [0.05, 0.1) is 6.61 Å². The smallest absolute Gasteiger partial charge is 0.178 e. The summed E-state index contributed by atoms with van der Waals surface area (Å²) in [6.07, 6.45) is 3.17. The van der Waals surface area contributed by atoms with Gasteiger partial charge in [-0.15, -0.1) is 0 Å². The van der Waals surface area contributed by atoms with Crippen LogP contribution in [0.3, 0.4) is 0 Å². The van der Waals surface area contributed by atoms with Crippen LogP contribution in [0.2, 0.25) is 0 Å². The third kappa shape index (κ3) is 4.12. The number of fused-ring (bicyclic) bond motifs is 1. The molecule has 1 aromatic rings. The average Bonchev–Trinajstić information content (AvgIpc) is 2.56. The fraction of sp³-hybridized carbons (Fsp3) is 0.476. The van der Waals surface area contributed by atoms with E-state index in [1.54, 1.807) is 6.92 Å². The summed E-state index contributed by atoms with van der Waals surface area (Å²) in [5.41, 5.74) is 2.51. The van der Waals surface area contributed by atoms with E-state index in [-0.39, 0.29) is 17.8 Å². The maximum absolute atomic E-state index is 13.9. The highest BCUT2D eigenvalue weighted by Gasteiger charge is 2.29. The van der Waals surface area contributed by atoms with Crippen molar-refractivity contribution >= 4 is 17.4 Å². The highest BCUT2D eigenvalue weighted by Crippen LogP contribution is 2.44. The van der Waals surface area contributed by atoms with E-state index >= 15 is 0 Å². The summed E-state index contributed by atoms with van der Waals surface area (Å²) in [7, 11) is 0. The monoisotopic (exact) mass is 346 g/mol. The van der Waals surface area contributed by atoms with Crippen molar-refractivity contribution in [3.8, 4) is 11.5 Å². The van der Waals surface area contributed by atoms with E-state index in [1.165, 1.54) is 0 Å². The van der Waals surface area contributed by atoms with Crippen LogP contribution < -0.4 is 9.47 Å². The van der Waals surface area contributed by atoms with Crippen molar-refractivity contribution < 1.29 is 18.7 Å². The number of hydrogen-bond donors (Lipinski definition) is 0. The molecular weight excluding hydrogens is 319 g/mol. The lowest BCUT2D eigenvalue weighted by Gasteiger charge is -2.33. The first kappa shape index (κ1) is 19.2. The van der Waals surface area contributed by atoms with E-state index in [0.717, 1.165) is 23.3 Å². The van der Waals surface area contributed by atoms with Crippen LogP contribution in [0.1, 0.15) is 59.1 Å². The van der Waals surface area contributed by atoms with Gasteiger partial charge in [0.15, 0.2) is 12.1 Å². The molecule has 0 N–H and O–H groups in total. The fourth-order valence-corrected chi connectivity index (χ4v) is 2.96. The van der Waals surface area contributed by atoms with Crippen molar-refractivity contribution in [3.05, 3.63) is 35.2 Å². The Kier molecular flexibility index (Phi) is 5.71. The Morgan fingerprint density at radius 2 is 2.04 bits per heavy atom. The predicted molar refractivity (Wildman–Crippen MR) is 99.5 cm³/mol. The molecule has 0 fully saturated rings. The quantitative estimate of drug-likeness (QED) is 0.498. The van der Waals surface area contributed by atoms with Crippen LogP contribution in [-0.2, 0) is 4.79 Å². The van der Waals surface area contributed by atoms with E-state index in [4.69, 9.17) is 9.47 Å². The van der Waals surface area contributed by atoms with E-state index in [2.05, 4.69) is 19.9 Å². The van der Waals surface area contributed by atoms with Gasteiger partial charge in [-0.2, -0.15) is 0 Å². The molecule has 0 saturated carbocycles. The second-order valence-electron chi connectivity index (χ2n) is 7.24. The molecule has 2 rings (SSSR count). The van der Waals surface area contributed by atoms with Crippen LogP contribution in [0.5, 0.6) is 11.5 Å². The first-order valence-electron chi connectivity index (χ1n) is 8.75. The van der Waals surface area contributed by atoms with Crippen molar-refractivity contribution in [1.82, 2.24) is 0 Å². The normalized spacial score (nSPS) is 16.6. The topological polar surface area (TPSA) is 35.5 Å². The summed E-state index contributed by atoms with van der Waals surface area (Å²) < 4.78 is 25.9. The number of halogens is 1. The van der Waals surface area contributed by atoms with Crippen molar-refractivity contribution in [3.63, 3.8) is 0 Å². The highest BCUT2D eigenvalue weighted by molar-refractivity contribution is 5.88. The third-order valence-corrected chi connectivity index (χ3v) is 4.22. The zero-order chi connectivity index (χ0) is 18.8. The zero-order valence-electron chi connectivity index (χ0n) is 15.9. The minimum absolute atomic E-state index is 0.233. The van der Waals surface area contributed by atoms with Gasteiger partial charge in [-0.1, -0.05) is 20.8 Å². The molecule has 1 heterocycles. The second kappa shape index (κ2) is 7.42. The number of ether oxygens (including phenoxy) is 2. The lowest BCUT2D eigenvalue weighted by molar-refractivity contribution is -0.106. The highest BCUT2D eigenvalue weighted by atomic mass is 19.1. The van der Waals surface area contributed by atoms with E-state index in [1.807, 2.05) is 32.9 Å². The van der Waals surface area contributed by atoms with Gasteiger partial charge in [0, 0.05) is 17.2 Å². The maximum Gasteiger partial charge on any atom is 0.178 e. The van der Waals surface area contributed by atoms with Crippen LogP contribution in [0.4, 0.5) is 4.39 Å². The molecule has 0 radical (unpaired) electrons. The first-order chi connectivity index (χ1) is 11.7. The van der Waals surface area contributed by atoms with Gasteiger partial charge < -0.3 is 9.47 Å². The number of carbonyl (C=O) groups is 1. The van der Waals surface area contributed by atoms with Crippen molar-refractivity contribution in [2.24, 2.45) is 5.92 Å². The summed E-state index contributed by atoms with van der Waals surface area (Å²) in [5.74, 6) is 0.770. The fourth-order valence-electron chi connectivity index (χ4n) is 2.96. The molecule has 0 aliphatic carbocycles. The molecule has 1 aliphatic rings. The number of benzene rings is 1. The van der Waals surface area contributed by atoms with Crippen LogP contribution in [0.25, 0.3) is 11.1 Å². The molecule has 4 heteroatoms. The van der Waals surface area contributed by atoms with Crippen LogP contribution in [0.15, 0.2) is 24.0 Å². The lowest BCUT2D eigenvalue weighted by atomic mass is 9.86. The number of aldehydes is 1. The SMILES string of the molecule is CCCOc1cc2c(cc1C(C)=C(F)C=O)C(C(C)C)=CC(C)(C)O2. The molecule has 1 aliphatic heterocycles. The molecule has 3 nitrogen and oxygen atoms in total.